The smallest absolute Gasteiger partial charge is 0.340 e. The quantitative estimate of drug-likeness (QED) is 0.292. The van der Waals surface area contributed by atoms with Crippen LogP contribution in [0.5, 0.6) is 0 Å². The van der Waals surface area contributed by atoms with Gasteiger partial charge in [0.1, 0.15) is 6.17 Å². The van der Waals surface area contributed by atoms with Crippen LogP contribution in [0.2, 0.25) is 0 Å². The molecule has 2 N–H and O–H groups in total. The number of para-hydroxylation sites is 2. The number of ketones is 2. The van der Waals surface area contributed by atoms with E-state index in [0.717, 1.165) is 6.08 Å². The molecule has 0 aliphatic heterocycles. The molecule has 2 aromatic carbocycles. The number of halogens is 2. The Morgan fingerprint density at radius 2 is 1.78 bits per heavy atom. The fourth-order valence-electron chi connectivity index (χ4n) is 9.68. The van der Waals surface area contributed by atoms with Crippen molar-refractivity contribution in [2.24, 2.45) is 34.5 Å². The normalized spacial score (nSPS) is 37.1. The summed E-state index contributed by atoms with van der Waals surface area (Å²) in [5.74, 6) is -3.70. The zero-order valence-electron chi connectivity index (χ0n) is 25.3. The van der Waals surface area contributed by atoms with Gasteiger partial charge in [0, 0.05) is 33.5 Å². The Hall–Kier alpha value is -3.98. The molecule has 9 heteroatoms. The Labute approximate surface area is 258 Å². The number of fused-ring (bicyclic) bond motifs is 7. The average Bonchev–Trinajstić information content (AvgIpc) is 3.27. The van der Waals surface area contributed by atoms with Crippen LogP contribution >= 0.6 is 0 Å². The molecule has 0 radical (unpaired) electrons. The van der Waals surface area contributed by atoms with E-state index in [-0.39, 0.29) is 41.1 Å². The number of carbonyl (C=O) groups excluding carboxylic acids is 3. The number of H-pyrrole nitrogens is 1. The first-order valence-electron chi connectivity index (χ1n) is 15.5. The zero-order valence-corrected chi connectivity index (χ0v) is 25.3. The first kappa shape index (κ1) is 29.7. The van der Waals surface area contributed by atoms with Crippen LogP contribution in [0.25, 0.3) is 21.8 Å². The SMILES string of the molecule is CC1C[C@H]2[C@@H]3CC(F)C4=CC(=O)C=C[C@]4(C)[C@@]3(F)C(O)C[C@]2(C)[C@H]1C(=O)COC(=O)c1cccc2c(=O)c3ccccc3[nH]c12. The van der Waals surface area contributed by atoms with Gasteiger partial charge in [-0.2, -0.15) is 0 Å². The van der Waals surface area contributed by atoms with Gasteiger partial charge in [0.15, 0.2) is 29.3 Å². The number of Topliss-reactive ketones (excluding diaryl/α,β-unsaturated/α-hetero) is 1. The molecule has 0 bridgehead atoms. The highest BCUT2D eigenvalue weighted by Crippen LogP contribution is 2.70. The number of benzene rings is 2. The standard InChI is InChI=1S/C36H35F2NO6/c1-18-13-23-24-15-26(37)25-14-19(40)11-12-35(25,3)36(24,38)29(42)16-34(23,2)30(18)28(41)17-45-33(44)22-9-6-8-21-31(22)39-27-10-5-4-7-20(27)32(21)43/h4-12,14,18,23-24,26,29-30,42H,13,15-17H2,1-3H3,(H,39,43)/t18?,23-,24-,26?,29?,30+,34-,35-,36-/m0/s1. The third-order valence-electron chi connectivity index (χ3n) is 11.6. The summed E-state index contributed by atoms with van der Waals surface area (Å²) < 4.78 is 38.6. The van der Waals surface area contributed by atoms with E-state index in [9.17, 15) is 24.3 Å². The second-order valence-corrected chi connectivity index (χ2v) is 13.9. The maximum Gasteiger partial charge on any atom is 0.340 e. The summed E-state index contributed by atoms with van der Waals surface area (Å²) in [6.45, 7) is 4.77. The summed E-state index contributed by atoms with van der Waals surface area (Å²) in [7, 11) is 0. The molecule has 3 saturated carbocycles. The maximum atomic E-state index is 17.4. The summed E-state index contributed by atoms with van der Waals surface area (Å²) in [6.07, 6.45) is 0.980. The van der Waals surface area contributed by atoms with E-state index in [1.807, 2.05) is 13.8 Å². The third kappa shape index (κ3) is 4.02. The number of rotatable bonds is 4. The van der Waals surface area contributed by atoms with Crippen LogP contribution in [-0.2, 0) is 14.3 Å². The predicted octanol–water partition coefficient (Wildman–Crippen LogP) is 5.59. The number of ether oxygens (including phenoxy) is 1. The number of nitrogens with one attached hydrogen (secondary N) is 1. The molecule has 4 aliphatic rings. The van der Waals surface area contributed by atoms with Crippen molar-refractivity contribution in [3.05, 3.63) is 82.1 Å². The van der Waals surface area contributed by atoms with Crippen molar-refractivity contribution < 1.29 is 33.0 Å². The van der Waals surface area contributed by atoms with Gasteiger partial charge in [0.25, 0.3) is 0 Å². The molecule has 7 rings (SSSR count). The first-order chi connectivity index (χ1) is 21.3. The van der Waals surface area contributed by atoms with Crippen LogP contribution in [0, 0.1) is 34.5 Å². The number of aromatic amines is 1. The minimum atomic E-state index is -2.22. The Morgan fingerprint density at radius 3 is 2.56 bits per heavy atom. The monoisotopic (exact) mass is 615 g/mol. The molecule has 1 aromatic heterocycles. The molecule has 3 fully saturated rings. The highest BCUT2D eigenvalue weighted by Gasteiger charge is 2.73. The lowest BCUT2D eigenvalue weighted by Gasteiger charge is -2.62. The van der Waals surface area contributed by atoms with E-state index in [2.05, 4.69) is 4.98 Å². The molecule has 3 aromatic rings. The molecular weight excluding hydrogens is 580 g/mol. The van der Waals surface area contributed by atoms with E-state index in [0.29, 0.717) is 28.2 Å². The van der Waals surface area contributed by atoms with Crippen LogP contribution in [-0.4, -0.2) is 52.2 Å². The lowest BCUT2D eigenvalue weighted by molar-refractivity contribution is -0.202. The van der Waals surface area contributed by atoms with E-state index in [1.54, 1.807) is 43.3 Å². The number of aliphatic hydroxyl groups is 1. The number of esters is 1. The van der Waals surface area contributed by atoms with Gasteiger partial charge in [-0.05, 0) is 85.4 Å². The fraction of sp³-hybridized carbons (Fsp3) is 0.444. The van der Waals surface area contributed by atoms with Crippen molar-refractivity contribution in [2.45, 2.75) is 58.0 Å². The van der Waals surface area contributed by atoms with Gasteiger partial charge >= 0.3 is 5.97 Å². The molecule has 1 heterocycles. The lowest BCUT2D eigenvalue weighted by atomic mass is 9.45. The largest absolute Gasteiger partial charge is 0.454 e. The second kappa shape index (κ2) is 10.0. The Bertz CT molecular complexity index is 1910. The van der Waals surface area contributed by atoms with Crippen molar-refractivity contribution in [3.8, 4) is 0 Å². The number of hydrogen-bond donors (Lipinski definition) is 2. The van der Waals surface area contributed by atoms with Gasteiger partial charge in [-0.3, -0.25) is 14.4 Å². The van der Waals surface area contributed by atoms with Crippen LogP contribution < -0.4 is 5.43 Å². The summed E-state index contributed by atoms with van der Waals surface area (Å²) in [4.78, 5) is 55.5. The molecule has 0 saturated heterocycles. The molecule has 45 heavy (non-hydrogen) atoms. The minimum absolute atomic E-state index is 0.0292. The second-order valence-electron chi connectivity index (χ2n) is 13.9. The number of alkyl halides is 2. The van der Waals surface area contributed by atoms with Crippen molar-refractivity contribution in [1.29, 1.82) is 0 Å². The summed E-state index contributed by atoms with van der Waals surface area (Å²) >= 11 is 0. The Balaban J connectivity index is 1.15. The van der Waals surface area contributed by atoms with Gasteiger partial charge in [-0.15, -0.1) is 0 Å². The molecule has 4 aliphatic carbocycles. The fourth-order valence-corrected chi connectivity index (χ4v) is 9.68. The molecule has 0 spiro atoms. The highest BCUT2D eigenvalue weighted by molar-refractivity contribution is 6.06. The number of aromatic nitrogens is 1. The minimum Gasteiger partial charge on any atom is -0.454 e. The third-order valence-corrected chi connectivity index (χ3v) is 11.6. The summed E-state index contributed by atoms with van der Waals surface area (Å²) in [6, 6.07) is 11.7. The van der Waals surface area contributed by atoms with Crippen LogP contribution in [0.3, 0.4) is 0 Å². The summed E-state index contributed by atoms with van der Waals surface area (Å²) in [5, 5.41) is 12.3. The molecular formula is C36H35F2NO6. The van der Waals surface area contributed by atoms with Gasteiger partial charge in [-0.25, -0.2) is 13.6 Å². The number of aliphatic hydroxyl groups excluding tert-OH is 1. The van der Waals surface area contributed by atoms with Gasteiger partial charge in [0.05, 0.1) is 17.2 Å². The topological polar surface area (TPSA) is 114 Å². The Kier molecular flexibility index (Phi) is 6.61. The zero-order chi connectivity index (χ0) is 32.1. The van der Waals surface area contributed by atoms with Crippen molar-refractivity contribution in [3.63, 3.8) is 0 Å². The highest BCUT2D eigenvalue weighted by atomic mass is 19.1. The number of allylic oxidation sites excluding steroid dienone is 4. The van der Waals surface area contributed by atoms with E-state index < -0.39 is 64.9 Å². The van der Waals surface area contributed by atoms with Crippen molar-refractivity contribution in [1.82, 2.24) is 4.98 Å². The van der Waals surface area contributed by atoms with Crippen LogP contribution in [0.4, 0.5) is 8.78 Å². The molecule has 3 unspecified atom stereocenters. The summed E-state index contributed by atoms with van der Waals surface area (Å²) in [5.41, 5.74) is -3.74. The van der Waals surface area contributed by atoms with Crippen molar-refractivity contribution >= 4 is 39.3 Å². The van der Waals surface area contributed by atoms with Gasteiger partial charge in [-0.1, -0.05) is 38.1 Å². The molecule has 234 valence electrons. The lowest BCUT2D eigenvalue weighted by Crippen LogP contribution is -2.68. The number of hydrogen-bond acceptors (Lipinski definition) is 6. The number of pyridine rings is 1. The average molecular weight is 616 g/mol. The predicted molar refractivity (Wildman–Crippen MR) is 164 cm³/mol. The maximum absolute atomic E-state index is 17.4. The number of carbonyl (C=O) groups is 3. The molecule has 7 nitrogen and oxygen atoms in total. The van der Waals surface area contributed by atoms with E-state index in [4.69, 9.17) is 4.74 Å². The molecule has 9 atom stereocenters. The first-order valence-corrected chi connectivity index (χ1v) is 15.5. The van der Waals surface area contributed by atoms with Crippen LogP contribution in [0.15, 0.2) is 71.1 Å². The van der Waals surface area contributed by atoms with Crippen molar-refractivity contribution in [2.75, 3.05) is 6.61 Å². The van der Waals surface area contributed by atoms with Crippen LogP contribution in [0.1, 0.15) is 50.4 Å². The Morgan fingerprint density at radius 1 is 1.04 bits per heavy atom. The van der Waals surface area contributed by atoms with E-state index in [1.165, 1.54) is 18.2 Å². The van der Waals surface area contributed by atoms with Gasteiger partial charge in [0.2, 0.25) is 0 Å². The van der Waals surface area contributed by atoms with E-state index >= 15 is 8.78 Å². The van der Waals surface area contributed by atoms with Gasteiger partial charge < -0.3 is 14.8 Å². The molecule has 0 amide bonds.